The second kappa shape index (κ2) is 8.35. The summed E-state index contributed by atoms with van der Waals surface area (Å²) >= 11 is 7.35. The quantitative estimate of drug-likeness (QED) is 0.236. The molecule has 1 aliphatic heterocycles. The van der Waals surface area contributed by atoms with Gasteiger partial charge in [-0.1, -0.05) is 65.4 Å². The summed E-state index contributed by atoms with van der Waals surface area (Å²) in [7, 11) is 1.58. The van der Waals surface area contributed by atoms with Crippen molar-refractivity contribution < 1.29 is 19.4 Å². The van der Waals surface area contributed by atoms with E-state index in [1.807, 2.05) is 6.07 Å². The number of halogens is 1. The van der Waals surface area contributed by atoms with E-state index in [9.17, 15) is 14.7 Å². The van der Waals surface area contributed by atoms with Crippen LogP contribution in [0.15, 0.2) is 78.4 Å². The van der Waals surface area contributed by atoms with Gasteiger partial charge in [0, 0.05) is 10.6 Å². The monoisotopic (exact) mass is 476 g/mol. The first-order chi connectivity index (χ1) is 16.0. The van der Waals surface area contributed by atoms with Crippen molar-refractivity contribution in [1.29, 1.82) is 0 Å². The van der Waals surface area contributed by atoms with Gasteiger partial charge in [-0.15, -0.1) is 0 Å². The molecule has 1 saturated heterocycles. The van der Waals surface area contributed by atoms with E-state index in [-0.39, 0.29) is 11.3 Å². The molecule has 1 unspecified atom stereocenters. The molecule has 164 valence electrons. The highest BCUT2D eigenvalue weighted by atomic mass is 35.5. The Balaban J connectivity index is 1.72. The fourth-order valence-corrected chi connectivity index (χ4v) is 5.01. The number of amides is 1. The van der Waals surface area contributed by atoms with Crippen LogP contribution in [-0.4, -0.2) is 28.9 Å². The molecule has 1 amide bonds. The molecule has 0 spiro atoms. The Bertz CT molecular complexity index is 1410. The highest BCUT2D eigenvalue weighted by Gasteiger charge is 2.48. The van der Waals surface area contributed by atoms with E-state index in [2.05, 4.69) is 4.98 Å². The molecule has 1 fully saturated rings. The van der Waals surface area contributed by atoms with Gasteiger partial charge in [0.25, 0.3) is 5.78 Å². The van der Waals surface area contributed by atoms with Crippen molar-refractivity contribution in [2.45, 2.75) is 6.04 Å². The van der Waals surface area contributed by atoms with E-state index in [1.54, 1.807) is 73.8 Å². The molecule has 5 rings (SSSR count). The average molecular weight is 477 g/mol. The van der Waals surface area contributed by atoms with Crippen LogP contribution in [-0.2, 0) is 9.59 Å². The number of rotatable bonds is 4. The summed E-state index contributed by atoms with van der Waals surface area (Å²) in [5.41, 5.74) is 1.76. The number of carbonyl (C=O) groups is 2. The predicted molar refractivity (Wildman–Crippen MR) is 129 cm³/mol. The van der Waals surface area contributed by atoms with Gasteiger partial charge in [-0.05, 0) is 35.9 Å². The fourth-order valence-electron chi connectivity index (χ4n) is 3.86. The summed E-state index contributed by atoms with van der Waals surface area (Å²) in [6.45, 7) is 0. The van der Waals surface area contributed by atoms with Crippen LogP contribution in [0.3, 0.4) is 0 Å². The van der Waals surface area contributed by atoms with Crippen molar-refractivity contribution in [3.8, 4) is 5.75 Å². The van der Waals surface area contributed by atoms with E-state index in [0.29, 0.717) is 32.5 Å². The van der Waals surface area contributed by atoms with Gasteiger partial charge >= 0.3 is 5.91 Å². The zero-order valence-corrected chi connectivity index (χ0v) is 18.9. The molecule has 6 nitrogen and oxygen atoms in total. The lowest BCUT2D eigenvalue weighted by molar-refractivity contribution is -0.132. The number of thiazole rings is 1. The van der Waals surface area contributed by atoms with Crippen molar-refractivity contribution in [3.05, 3.63) is 94.5 Å². The molecule has 1 atom stereocenters. The molecule has 8 heteroatoms. The lowest BCUT2D eigenvalue weighted by Crippen LogP contribution is -2.29. The zero-order chi connectivity index (χ0) is 23.1. The molecular formula is C25H17ClN2O4S. The summed E-state index contributed by atoms with van der Waals surface area (Å²) in [6, 6.07) is 20.1. The Morgan fingerprint density at radius 1 is 1.06 bits per heavy atom. The van der Waals surface area contributed by atoms with Crippen molar-refractivity contribution in [2.24, 2.45) is 0 Å². The zero-order valence-electron chi connectivity index (χ0n) is 17.4. The summed E-state index contributed by atoms with van der Waals surface area (Å²) in [5.74, 6) is -1.09. The minimum atomic E-state index is -0.857. The number of Topliss-reactive ketones (excluding diaryl/α,β-unsaturated/α-hetero) is 1. The number of aliphatic hydroxyl groups is 1. The minimum Gasteiger partial charge on any atom is -0.507 e. The Hall–Kier alpha value is -3.68. The number of ether oxygens (including phenoxy) is 1. The predicted octanol–water partition coefficient (Wildman–Crippen LogP) is 5.58. The third kappa shape index (κ3) is 3.65. The fraction of sp³-hybridized carbons (Fsp3) is 0.0800. The number of aromatic nitrogens is 1. The number of hydrogen-bond acceptors (Lipinski definition) is 6. The van der Waals surface area contributed by atoms with Crippen LogP contribution in [0.2, 0.25) is 5.02 Å². The lowest BCUT2D eigenvalue weighted by atomic mass is 9.95. The maximum absolute atomic E-state index is 13.2. The lowest BCUT2D eigenvalue weighted by Gasteiger charge is -2.23. The van der Waals surface area contributed by atoms with Crippen molar-refractivity contribution in [3.63, 3.8) is 0 Å². The van der Waals surface area contributed by atoms with E-state index >= 15 is 0 Å². The maximum atomic E-state index is 13.2. The molecule has 0 aliphatic carbocycles. The van der Waals surface area contributed by atoms with Gasteiger partial charge in [-0.3, -0.25) is 14.5 Å². The second-order valence-corrected chi connectivity index (χ2v) is 8.86. The van der Waals surface area contributed by atoms with Crippen molar-refractivity contribution in [2.75, 3.05) is 12.0 Å². The number of fused-ring (bicyclic) bond motifs is 1. The number of nitrogens with zero attached hydrogens (tertiary/aromatic N) is 2. The van der Waals surface area contributed by atoms with Crippen LogP contribution in [0.1, 0.15) is 17.2 Å². The van der Waals surface area contributed by atoms with E-state index in [4.69, 9.17) is 16.3 Å². The summed E-state index contributed by atoms with van der Waals surface area (Å²) in [6.07, 6.45) is 0. The number of ketones is 1. The van der Waals surface area contributed by atoms with Gasteiger partial charge in [0.05, 0.1) is 28.9 Å². The van der Waals surface area contributed by atoms with Gasteiger partial charge in [0.15, 0.2) is 5.13 Å². The van der Waals surface area contributed by atoms with Gasteiger partial charge in [-0.2, -0.15) is 0 Å². The van der Waals surface area contributed by atoms with E-state index < -0.39 is 17.7 Å². The van der Waals surface area contributed by atoms with Crippen molar-refractivity contribution >= 4 is 55.7 Å². The number of benzene rings is 3. The van der Waals surface area contributed by atoms with Crippen LogP contribution in [0.5, 0.6) is 5.75 Å². The third-order valence-corrected chi connectivity index (χ3v) is 6.74. The highest BCUT2D eigenvalue weighted by Crippen LogP contribution is 2.44. The molecular weight excluding hydrogens is 460 g/mol. The minimum absolute atomic E-state index is 0.00496. The number of carbonyl (C=O) groups excluding carboxylic acids is 2. The van der Waals surface area contributed by atoms with Crippen molar-refractivity contribution in [1.82, 2.24) is 4.98 Å². The Morgan fingerprint density at radius 3 is 2.48 bits per heavy atom. The van der Waals surface area contributed by atoms with Crippen LogP contribution in [0.25, 0.3) is 16.0 Å². The van der Waals surface area contributed by atoms with Crippen LogP contribution in [0.4, 0.5) is 5.13 Å². The Labute approximate surface area is 198 Å². The van der Waals surface area contributed by atoms with Crippen LogP contribution < -0.4 is 9.64 Å². The molecule has 0 bridgehead atoms. The molecule has 33 heavy (non-hydrogen) atoms. The second-order valence-electron chi connectivity index (χ2n) is 7.42. The molecule has 0 radical (unpaired) electrons. The topological polar surface area (TPSA) is 79.7 Å². The average Bonchev–Trinajstić information content (AvgIpc) is 3.37. The third-order valence-electron chi connectivity index (χ3n) is 5.47. The summed E-state index contributed by atoms with van der Waals surface area (Å²) < 4.78 is 6.10. The molecule has 1 aromatic heterocycles. The summed E-state index contributed by atoms with van der Waals surface area (Å²) in [4.78, 5) is 32.4. The smallest absolute Gasteiger partial charge is 0.301 e. The summed E-state index contributed by atoms with van der Waals surface area (Å²) in [5, 5.41) is 12.0. The molecule has 2 heterocycles. The standard InChI is InChI=1S/C25H17ClN2O4S/c1-32-17-11-12-18-19(13-17)33-25(27-18)28-21(14-7-9-16(26)10-8-14)20(23(30)24(28)31)22(29)15-5-3-2-4-6-15/h2-13,21,29H,1H3/b22-20+. The molecule has 3 aromatic carbocycles. The first-order valence-corrected chi connectivity index (χ1v) is 11.2. The number of hydrogen-bond donors (Lipinski definition) is 1. The number of anilines is 1. The van der Waals surface area contributed by atoms with E-state index in [0.717, 1.165) is 4.70 Å². The normalized spacial score (nSPS) is 17.6. The SMILES string of the molecule is COc1ccc2nc(N3C(=O)C(=O)/C(=C(/O)c4ccccc4)C3c3ccc(Cl)cc3)sc2c1. The van der Waals surface area contributed by atoms with Crippen LogP contribution >= 0.6 is 22.9 Å². The Morgan fingerprint density at radius 2 is 1.79 bits per heavy atom. The van der Waals surface area contributed by atoms with Gasteiger partial charge in [-0.25, -0.2) is 4.98 Å². The van der Waals surface area contributed by atoms with Gasteiger partial charge in [0.2, 0.25) is 0 Å². The highest BCUT2D eigenvalue weighted by molar-refractivity contribution is 7.22. The molecule has 4 aromatic rings. The van der Waals surface area contributed by atoms with E-state index in [1.165, 1.54) is 16.2 Å². The van der Waals surface area contributed by atoms with Gasteiger partial charge in [0.1, 0.15) is 11.5 Å². The molecule has 1 aliphatic rings. The molecule has 0 saturated carbocycles. The molecule has 1 N–H and O–H groups in total. The first-order valence-electron chi connectivity index (χ1n) is 10.0. The first kappa shape index (κ1) is 21.2. The maximum Gasteiger partial charge on any atom is 0.301 e. The van der Waals surface area contributed by atoms with Crippen LogP contribution in [0, 0.1) is 0 Å². The largest absolute Gasteiger partial charge is 0.507 e. The number of methoxy groups -OCH3 is 1. The number of aliphatic hydroxyl groups excluding tert-OH is 1. The Kier molecular flexibility index (Phi) is 5.36. The van der Waals surface area contributed by atoms with Gasteiger partial charge < -0.3 is 9.84 Å².